The number of benzene rings is 1. The van der Waals surface area contributed by atoms with Crippen LogP contribution in [0.4, 0.5) is 5.69 Å². The van der Waals surface area contributed by atoms with Gasteiger partial charge in [-0.3, -0.25) is 14.5 Å². The average Bonchev–Trinajstić information content (AvgIpc) is 3.43. The quantitative estimate of drug-likeness (QED) is 0.661. The van der Waals surface area contributed by atoms with Crippen LogP contribution < -0.4 is 4.90 Å². The topological polar surface area (TPSA) is 83.9 Å². The molecule has 0 aliphatic carbocycles. The number of furan rings is 2. The fourth-order valence-electron chi connectivity index (χ4n) is 3.41. The molecule has 2 aromatic heterocycles. The van der Waals surface area contributed by atoms with E-state index in [2.05, 4.69) is 0 Å². The first-order valence-electron chi connectivity index (χ1n) is 9.01. The van der Waals surface area contributed by atoms with Gasteiger partial charge in [0.05, 0.1) is 11.8 Å². The van der Waals surface area contributed by atoms with Gasteiger partial charge in [-0.15, -0.1) is 0 Å². The monoisotopic (exact) mass is 377 g/mol. The van der Waals surface area contributed by atoms with Gasteiger partial charge in [0.15, 0.2) is 11.5 Å². The second-order valence-corrected chi connectivity index (χ2v) is 6.61. The third-order valence-corrected chi connectivity index (χ3v) is 4.85. The summed E-state index contributed by atoms with van der Waals surface area (Å²) >= 11 is 0. The summed E-state index contributed by atoms with van der Waals surface area (Å²) in [6, 6.07) is 13.1. The number of hydrogen-bond donors (Lipinski definition) is 1. The Morgan fingerprint density at radius 1 is 1.14 bits per heavy atom. The number of rotatable bonds is 5. The molecule has 1 unspecified atom stereocenters. The van der Waals surface area contributed by atoms with Crippen LogP contribution in [0, 0.1) is 6.92 Å². The summed E-state index contributed by atoms with van der Waals surface area (Å²) < 4.78 is 10.9. The third-order valence-electron chi connectivity index (χ3n) is 4.85. The van der Waals surface area contributed by atoms with Crippen LogP contribution in [-0.2, 0) is 11.2 Å². The number of anilines is 1. The van der Waals surface area contributed by atoms with Crippen LogP contribution in [0.1, 0.15) is 40.6 Å². The van der Waals surface area contributed by atoms with E-state index in [-0.39, 0.29) is 11.3 Å². The first-order chi connectivity index (χ1) is 13.5. The Bertz CT molecular complexity index is 1060. The number of nitrogens with zero attached hydrogens (tertiary/aromatic N) is 1. The molecule has 142 valence electrons. The molecule has 4 rings (SSSR count). The van der Waals surface area contributed by atoms with Gasteiger partial charge >= 0.3 is 0 Å². The fourth-order valence-corrected chi connectivity index (χ4v) is 3.41. The molecule has 1 atom stereocenters. The number of ketones is 1. The largest absolute Gasteiger partial charge is 0.503 e. The van der Waals surface area contributed by atoms with Crippen molar-refractivity contribution in [1.82, 2.24) is 0 Å². The van der Waals surface area contributed by atoms with Crippen LogP contribution >= 0.6 is 0 Å². The van der Waals surface area contributed by atoms with Crippen LogP contribution in [0.15, 0.2) is 75.0 Å². The van der Waals surface area contributed by atoms with Crippen molar-refractivity contribution >= 4 is 17.4 Å². The van der Waals surface area contributed by atoms with Gasteiger partial charge in [0.25, 0.3) is 5.91 Å². The minimum absolute atomic E-state index is 0.0470. The Morgan fingerprint density at radius 3 is 2.46 bits per heavy atom. The van der Waals surface area contributed by atoms with Gasteiger partial charge in [0.1, 0.15) is 17.6 Å². The lowest BCUT2D eigenvalue weighted by Crippen LogP contribution is -2.30. The molecule has 0 spiro atoms. The second-order valence-electron chi connectivity index (χ2n) is 6.61. The first kappa shape index (κ1) is 17.9. The molecule has 1 N–H and O–H groups in total. The number of carbonyl (C=O) groups excluding carboxylic acids is 2. The Morgan fingerprint density at radius 2 is 1.89 bits per heavy atom. The Kier molecular flexibility index (Phi) is 4.39. The predicted molar refractivity (Wildman–Crippen MR) is 102 cm³/mol. The molecule has 1 aromatic carbocycles. The molecule has 0 saturated carbocycles. The molecule has 3 heterocycles. The maximum atomic E-state index is 13.0. The number of aliphatic hydroxyl groups excluding tert-OH is 1. The summed E-state index contributed by atoms with van der Waals surface area (Å²) in [5.74, 6) is -0.726. The highest BCUT2D eigenvalue weighted by Crippen LogP contribution is 2.42. The van der Waals surface area contributed by atoms with E-state index in [9.17, 15) is 14.7 Å². The molecular weight excluding hydrogens is 358 g/mol. The van der Waals surface area contributed by atoms with Crippen LogP contribution in [0.3, 0.4) is 0 Å². The van der Waals surface area contributed by atoms with Crippen molar-refractivity contribution in [2.45, 2.75) is 26.3 Å². The Balaban J connectivity index is 1.84. The number of aliphatic hydroxyl groups is 1. The summed E-state index contributed by atoms with van der Waals surface area (Å²) in [6.07, 6.45) is 2.23. The van der Waals surface area contributed by atoms with Gasteiger partial charge in [-0.2, -0.15) is 0 Å². The SMILES string of the molecule is CCc1ccc(N2C(=O)C(O)=C(C(=O)c3ccco3)C2c2ccc(C)o2)cc1. The molecular formula is C22H19NO5. The van der Waals surface area contributed by atoms with Crippen LogP contribution in [0.5, 0.6) is 0 Å². The van der Waals surface area contributed by atoms with Crippen LogP contribution in [0.2, 0.25) is 0 Å². The van der Waals surface area contributed by atoms with E-state index >= 15 is 0 Å². The number of amides is 1. The molecule has 6 heteroatoms. The van der Waals surface area contributed by atoms with E-state index in [0.717, 1.165) is 12.0 Å². The van der Waals surface area contributed by atoms with Gasteiger partial charge in [-0.05, 0) is 55.3 Å². The van der Waals surface area contributed by atoms with Crippen molar-refractivity contribution in [2.24, 2.45) is 0 Å². The summed E-state index contributed by atoms with van der Waals surface area (Å²) in [5, 5.41) is 10.6. The van der Waals surface area contributed by atoms with Crippen molar-refractivity contribution in [1.29, 1.82) is 0 Å². The van der Waals surface area contributed by atoms with Crippen molar-refractivity contribution in [3.05, 3.63) is 89.0 Å². The summed E-state index contributed by atoms with van der Waals surface area (Å²) in [6.45, 7) is 3.82. The van der Waals surface area contributed by atoms with E-state index < -0.39 is 23.5 Å². The average molecular weight is 377 g/mol. The van der Waals surface area contributed by atoms with E-state index in [1.165, 1.54) is 17.2 Å². The van der Waals surface area contributed by atoms with Gasteiger partial charge < -0.3 is 13.9 Å². The highest BCUT2D eigenvalue weighted by Gasteiger charge is 2.46. The number of aryl methyl sites for hydroxylation is 2. The van der Waals surface area contributed by atoms with Gasteiger partial charge in [-0.1, -0.05) is 19.1 Å². The summed E-state index contributed by atoms with van der Waals surface area (Å²) in [7, 11) is 0. The highest BCUT2D eigenvalue weighted by atomic mass is 16.3. The highest BCUT2D eigenvalue weighted by molar-refractivity contribution is 6.20. The van der Waals surface area contributed by atoms with E-state index in [0.29, 0.717) is 17.2 Å². The molecule has 1 aliphatic heterocycles. The van der Waals surface area contributed by atoms with Gasteiger partial charge in [-0.25, -0.2) is 0 Å². The number of hydrogen-bond acceptors (Lipinski definition) is 5. The van der Waals surface area contributed by atoms with Crippen molar-refractivity contribution < 1.29 is 23.5 Å². The zero-order valence-corrected chi connectivity index (χ0v) is 15.5. The minimum Gasteiger partial charge on any atom is -0.503 e. The maximum absolute atomic E-state index is 13.0. The van der Waals surface area contributed by atoms with E-state index in [4.69, 9.17) is 8.83 Å². The Labute approximate surface area is 161 Å². The molecule has 6 nitrogen and oxygen atoms in total. The third kappa shape index (κ3) is 2.83. The molecule has 1 aliphatic rings. The van der Waals surface area contributed by atoms with E-state index in [1.807, 2.05) is 19.1 Å². The van der Waals surface area contributed by atoms with Gasteiger partial charge in [0, 0.05) is 5.69 Å². The van der Waals surface area contributed by atoms with Crippen molar-refractivity contribution in [3.8, 4) is 0 Å². The molecule has 0 radical (unpaired) electrons. The maximum Gasteiger partial charge on any atom is 0.294 e. The zero-order valence-electron chi connectivity index (χ0n) is 15.5. The first-order valence-corrected chi connectivity index (χ1v) is 9.01. The summed E-state index contributed by atoms with van der Waals surface area (Å²) in [4.78, 5) is 27.3. The normalized spacial score (nSPS) is 16.9. The molecule has 0 bridgehead atoms. The lowest BCUT2D eigenvalue weighted by atomic mass is 9.99. The van der Waals surface area contributed by atoms with Gasteiger partial charge in [0.2, 0.25) is 5.78 Å². The molecule has 1 amide bonds. The molecule has 0 saturated heterocycles. The van der Waals surface area contributed by atoms with Crippen molar-refractivity contribution in [3.63, 3.8) is 0 Å². The zero-order chi connectivity index (χ0) is 19.8. The van der Waals surface area contributed by atoms with E-state index in [1.54, 1.807) is 37.3 Å². The lowest BCUT2D eigenvalue weighted by Gasteiger charge is -2.25. The number of Topliss-reactive ketones (excluding diaryl/α,β-unsaturated/α-hetero) is 1. The number of carbonyl (C=O) groups is 2. The second kappa shape index (κ2) is 6.88. The summed E-state index contributed by atoms with van der Waals surface area (Å²) in [5.41, 5.74) is 1.62. The van der Waals surface area contributed by atoms with Crippen LogP contribution in [-0.4, -0.2) is 16.8 Å². The lowest BCUT2D eigenvalue weighted by molar-refractivity contribution is -0.117. The van der Waals surface area contributed by atoms with Crippen molar-refractivity contribution in [2.75, 3.05) is 4.90 Å². The Hall–Kier alpha value is -3.54. The van der Waals surface area contributed by atoms with Crippen LogP contribution in [0.25, 0.3) is 0 Å². The molecule has 0 fully saturated rings. The standard InChI is InChI=1S/C22H19NO5/c1-3-14-7-9-15(10-8-14)23-19(16-11-6-13(2)28-16)18(21(25)22(23)26)20(24)17-5-4-12-27-17/h4-12,19,25H,3H2,1-2H3. The predicted octanol–water partition coefficient (Wildman–Crippen LogP) is 4.53. The fraction of sp³-hybridized carbons (Fsp3) is 0.182. The minimum atomic E-state index is -0.883. The molecule has 3 aromatic rings. The molecule has 28 heavy (non-hydrogen) atoms. The smallest absolute Gasteiger partial charge is 0.294 e.